The average Bonchev–Trinajstić information content (AvgIpc) is 2.59. The van der Waals surface area contributed by atoms with Crippen LogP contribution in [0.4, 0.5) is 4.39 Å². The summed E-state index contributed by atoms with van der Waals surface area (Å²) < 4.78 is 14.2. The molecule has 0 atom stereocenters. The normalized spacial score (nSPS) is 15.3. The lowest BCUT2D eigenvalue weighted by Gasteiger charge is -2.31. The van der Waals surface area contributed by atoms with Crippen molar-refractivity contribution in [2.24, 2.45) is 11.1 Å². The highest BCUT2D eigenvalue weighted by molar-refractivity contribution is 5.67. The molecular weight excluding hydrogens is 311 g/mol. The van der Waals surface area contributed by atoms with Gasteiger partial charge in [-0.15, -0.1) is 0 Å². The van der Waals surface area contributed by atoms with Crippen molar-refractivity contribution in [2.45, 2.75) is 40.0 Å². The van der Waals surface area contributed by atoms with E-state index >= 15 is 0 Å². The van der Waals surface area contributed by atoms with E-state index in [1.54, 1.807) is 12.1 Å². The average molecular weight is 340 g/mol. The Balaban J connectivity index is 1.99. The lowest BCUT2D eigenvalue weighted by atomic mass is 9.86. The minimum Gasteiger partial charge on any atom is -0.402 e. The van der Waals surface area contributed by atoms with Crippen molar-refractivity contribution in [1.82, 2.24) is 4.90 Å². The Hall–Kier alpha value is -2.05. The second kappa shape index (κ2) is 8.36. The summed E-state index contributed by atoms with van der Waals surface area (Å²) in [7, 11) is 0. The first-order chi connectivity index (χ1) is 11.8. The van der Waals surface area contributed by atoms with E-state index in [2.05, 4.69) is 43.2 Å². The Bertz CT molecular complexity index is 719. The zero-order chi connectivity index (χ0) is 18.4. The molecule has 3 heteroatoms. The van der Waals surface area contributed by atoms with Gasteiger partial charge in [-0.05, 0) is 42.7 Å². The van der Waals surface area contributed by atoms with Gasteiger partial charge >= 0.3 is 0 Å². The van der Waals surface area contributed by atoms with Crippen LogP contribution in [0.25, 0.3) is 5.57 Å². The summed E-state index contributed by atoms with van der Waals surface area (Å²) in [4.78, 5) is 2.41. The number of hydrogen-bond donors (Lipinski definition) is 1. The summed E-state index contributed by atoms with van der Waals surface area (Å²) in [5.41, 5.74) is 9.23. The highest BCUT2D eigenvalue weighted by Gasteiger charge is 2.22. The molecule has 1 aromatic rings. The van der Waals surface area contributed by atoms with Crippen molar-refractivity contribution < 1.29 is 4.39 Å². The minimum absolute atomic E-state index is 0.0392. The maximum absolute atomic E-state index is 14.2. The Morgan fingerprint density at radius 2 is 2.16 bits per heavy atom. The van der Waals surface area contributed by atoms with Crippen molar-refractivity contribution in [3.05, 3.63) is 53.5 Å². The highest BCUT2D eigenvalue weighted by atomic mass is 19.1. The van der Waals surface area contributed by atoms with Crippen LogP contribution >= 0.6 is 0 Å². The fourth-order valence-corrected chi connectivity index (χ4v) is 2.77. The molecular formula is C22H29FN2. The molecule has 0 spiro atoms. The van der Waals surface area contributed by atoms with E-state index in [0.29, 0.717) is 5.56 Å². The van der Waals surface area contributed by atoms with Crippen molar-refractivity contribution >= 4 is 5.57 Å². The molecule has 0 saturated carbocycles. The first-order valence-corrected chi connectivity index (χ1v) is 8.98. The molecule has 0 aromatic heterocycles. The summed E-state index contributed by atoms with van der Waals surface area (Å²) in [6, 6.07) is 5.38. The maximum atomic E-state index is 14.2. The number of rotatable bonds is 5. The van der Waals surface area contributed by atoms with Crippen LogP contribution in [-0.2, 0) is 0 Å². The van der Waals surface area contributed by atoms with E-state index in [4.69, 9.17) is 5.73 Å². The molecule has 0 amide bonds. The van der Waals surface area contributed by atoms with Gasteiger partial charge in [0.15, 0.2) is 0 Å². The zero-order valence-electron chi connectivity index (χ0n) is 15.7. The van der Waals surface area contributed by atoms with Crippen LogP contribution in [0.15, 0.2) is 36.6 Å². The number of halogens is 1. The summed E-state index contributed by atoms with van der Waals surface area (Å²) >= 11 is 0. The molecule has 0 fully saturated rings. The highest BCUT2D eigenvalue weighted by Crippen LogP contribution is 2.28. The van der Waals surface area contributed by atoms with Crippen LogP contribution in [0.5, 0.6) is 0 Å². The van der Waals surface area contributed by atoms with Gasteiger partial charge in [0.05, 0.1) is 5.56 Å². The number of nitrogens with two attached hydrogens (primary N) is 1. The Kier molecular flexibility index (Phi) is 6.45. The predicted molar refractivity (Wildman–Crippen MR) is 104 cm³/mol. The molecule has 0 saturated heterocycles. The maximum Gasteiger partial charge on any atom is 0.139 e. The SMILES string of the molecule is C=C(N)C(C)(C)CCN1CC=C(c2ccc(C#CCC)c(F)c2)CC1. The first-order valence-electron chi connectivity index (χ1n) is 8.98. The quantitative estimate of drug-likeness (QED) is 0.796. The summed E-state index contributed by atoms with van der Waals surface area (Å²) in [6.07, 6.45) is 4.87. The third-order valence-electron chi connectivity index (χ3n) is 4.96. The topological polar surface area (TPSA) is 29.3 Å². The lowest BCUT2D eigenvalue weighted by molar-refractivity contribution is 0.253. The molecule has 0 unspecified atom stereocenters. The van der Waals surface area contributed by atoms with E-state index in [1.165, 1.54) is 5.57 Å². The molecule has 0 aliphatic carbocycles. The van der Waals surface area contributed by atoms with Crippen LogP contribution in [0.1, 0.15) is 51.2 Å². The third-order valence-corrected chi connectivity index (χ3v) is 4.96. The molecule has 1 aliphatic rings. The Labute approximate surface area is 151 Å². The van der Waals surface area contributed by atoms with E-state index < -0.39 is 0 Å². The van der Waals surface area contributed by atoms with Gasteiger partial charge in [0, 0.05) is 30.6 Å². The summed E-state index contributed by atoms with van der Waals surface area (Å²) in [5.74, 6) is 5.56. The van der Waals surface area contributed by atoms with Crippen LogP contribution in [-0.4, -0.2) is 24.5 Å². The number of nitrogens with zero attached hydrogens (tertiary/aromatic N) is 1. The molecule has 1 heterocycles. The molecule has 25 heavy (non-hydrogen) atoms. The minimum atomic E-state index is -0.231. The number of benzene rings is 1. The molecule has 134 valence electrons. The number of allylic oxidation sites excluding steroid dienone is 1. The van der Waals surface area contributed by atoms with Crippen LogP contribution < -0.4 is 5.73 Å². The zero-order valence-corrected chi connectivity index (χ0v) is 15.7. The van der Waals surface area contributed by atoms with Crippen molar-refractivity contribution in [1.29, 1.82) is 0 Å². The number of hydrogen-bond acceptors (Lipinski definition) is 2. The summed E-state index contributed by atoms with van der Waals surface area (Å²) in [5, 5.41) is 0. The van der Waals surface area contributed by atoms with E-state index in [0.717, 1.165) is 50.2 Å². The van der Waals surface area contributed by atoms with Gasteiger partial charge in [-0.25, -0.2) is 4.39 Å². The van der Waals surface area contributed by atoms with E-state index in [9.17, 15) is 4.39 Å². The molecule has 2 nitrogen and oxygen atoms in total. The Morgan fingerprint density at radius 3 is 2.72 bits per heavy atom. The Morgan fingerprint density at radius 1 is 1.40 bits per heavy atom. The monoisotopic (exact) mass is 340 g/mol. The molecule has 1 aromatic carbocycles. The van der Waals surface area contributed by atoms with E-state index in [-0.39, 0.29) is 11.2 Å². The molecule has 2 rings (SSSR count). The van der Waals surface area contributed by atoms with Gasteiger partial charge in [0.1, 0.15) is 5.82 Å². The van der Waals surface area contributed by atoms with Crippen molar-refractivity contribution in [2.75, 3.05) is 19.6 Å². The fourth-order valence-electron chi connectivity index (χ4n) is 2.77. The van der Waals surface area contributed by atoms with Crippen LogP contribution in [0.2, 0.25) is 0 Å². The van der Waals surface area contributed by atoms with Gasteiger partial charge < -0.3 is 5.73 Å². The first kappa shape index (κ1) is 19.3. The van der Waals surface area contributed by atoms with Crippen molar-refractivity contribution in [3.8, 4) is 11.8 Å². The fraction of sp³-hybridized carbons (Fsp3) is 0.455. The standard InChI is InChI=1S/C22H29FN2/c1-5-6-7-19-8-9-20(16-21(19)23)18-10-13-25(14-11-18)15-12-22(3,4)17(2)24/h8-10,16H,2,5,11-15,24H2,1,3-4H3. The van der Waals surface area contributed by atoms with Gasteiger partial charge in [-0.2, -0.15) is 0 Å². The van der Waals surface area contributed by atoms with Gasteiger partial charge in [-0.1, -0.05) is 51.3 Å². The largest absolute Gasteiger partial charge is 0.402 e. The van der Waals surface area contributed by atoms with Crippen LogP contribution in [0, 0.1) is 23.1 Å². The molecule has 2 N–H and O–H groups in total. The lowest BCUT2D eigenvalue weighted by Crippen LogP contribution is -2.33. The third kappa shape index (κ3) is 5.21. The second-order valence-corrected chi connectivity index (χ2v) is 7.29. The smallest absolute Gasteiger partial charge is 0.139 e. The van der Waals surface area contributed by atoms with Gasteiger partial charge in [-0.3, -0.25) is 4.90 Å². The second-order valence-electron chi connectivity index (χ2n) is 7.29. The summed E-state index contributed by atoms with van der Waals surface area (Å²) in [6.45, 7) is 13.0. The molecule has 1 aliphatic heterocycles. The van der Waals surface area contributed by atoms with E-state index in [1.807, 2.05) is 13.0 Å². The van der Waals surface area contributed by atoms with Gasteiger partial charge in [0.2, 0.25) is 0 Å². The van der Waals surface area contributed by atoms with Crippen molar-refractivity contribution in [3.63, 3.8) is 0 Å². The predicted octanol–water partition coefficient (Wildman–Crippen LogP) is 4.57. The van der Waals surface area contributed by atoms with Gasteiger partial charge in [0.25, 0.3) is 0 Å². The molecule has 0 bridgehead atoms. The molecule has 0 radical (unpaired) electrons. The van der Waals surface area contributed by atoms with Crippen LogP contribution in [0.3, 0.4) is 0 Å².